The molecule has 0 aliphatic carbocycles. The molecule has 0 amide bonds. The molecule has 4 heteroatoms. The molecule has 0 fully saturated rings. The topological polar surface area (TPSA) is 36.3 Å². The van der Waals surface area contributed by atoms with Crippen LogP contribution in [0.25, 0.3) is 10.8 Å². The van der Waals surface area contributed by atoms with E-state index in [2.05, 4.69) is 75.9 Å². The molecule has 0 saturated heterocycles. The van der Waals surface area contributed by atoms with Crippen molar-refractivity contribution in [3.8, 4) is 5.75 Å². The number of unbranched alkanes of at least 4 members (excludes halogenated alkanes) is 9. The highest BCUT2D eigenvalue weighted by Crippen LogP contribution is 2.30. The van der Waals surface area contributed by atoms with Crippen LogP contribution in [0.1, 0.15) is 104 Å². The smallest absolute Gasteiger partial charge is 0.129 e. The fraction of sp³-hybridized carbons (Fsp3) is 0.621. The quantitative estimate of drug-likeness (QED) is 0.159. The molecule has 33 heavy (non-hydrogen) atoms. The Bertz CT molecular complexity index is 810. The zero-order valence-electron chi connectivity index (χ0n) is 21.7. The van der Waals surface area contributed by atoms with Gasteiger partial charge in [-0.15, -0.1) is 12.4 Å². The number of nitrogens with one attached hydrogen (secondary N) is 1. The predicted molar refractivity (Wildman–Crippen MR) is 147 cm³/mol. The number of amidine groups is 1. The molecule has 2 aromatic rings. The van der Waals surface area contributed by atoms with Crippen LogP contribution in [0.15, 0.2) is 36.4 Å². The monoisotopic (exact) mass is 474 g/mol. The van der Waals surface area contributed by atoms with E-state index in [9.17, 15) is 0 Å². The Morgan fingerprint density at radius 3 is 1.82 bits per heavy atom. The van der Waals surface area contributed by atoms with E-state index in [-0.39, 0.29) is 24.5 Å². The lowest BCUT2D eigenvalue weighted by molar-refractivity contribution is 0.291. The molecule has 0 unspecified atom stereocenters. The van der Waals surface area contributed by atoms with Gasteiger partial charge in [0.05, 0.1) is 6.61 Å². The first-order valence-corrected chi connectivity index (χ1v) is 13.0. The van der Waals surface area contributed by atoms with Crippen molar-refractivity contribution >= 4 is 29.0 Å². The van der Waals surface area contributed by atoms with Crippen molar-refractivity contribution in [3.05, 3.63) is 42.0 Å². The summed E-state index contributed by atoms with van der Waals surface area (Å²) in [5, 5.41) is 11.1. The molecular weight excluding hydrogens is 428 g/mol. The first kappa shape index (κ1) is 29.3. The molecule has 0 atom stereocenters. The summed E-state index contributed by atoms with van der Waals surface area (Å²) in [6, 6.07) is 13.0. The molecular formula is C29H47ClN2O. The first-order chi connectivity index (χ1) is 15.5. The second-order valence-corrected chi connectivity index (χ2v) is 9.63. The van der Waals surface area contributed by atoms with E-state index < -0.39 is 0 Å². The number of ether oxygens (including phenoxy) is 1. The van der Waals surface area contributed by atoms with Crippen molar-refractivity contribution in [1.29, 1.82) is 5.41 Å². The summed E-state index contributed by atoms with van der Waals surface area (Å²) in [7, 11) is 0. The molecule has 0 aliphatic rings. The van der Waals surface area contributed by atoms with Gasteiger partial charge in [-0.25, -0.2) is 0 Å². The summed E-state index contributed by atoms with van der Waals surface area (Å²) < 4.78 is 6.20. The lowest BCUT2D eigenvalue weighted by atomic mass is 10.0. The predicted octanol–water partition coefficient (Wildman–Crippen LogP) is 9.01. The van der Waals surface area contributed by atoms with Gasteiger partial charge in [0, 0.05) is 23.0 Å². The number of hydrogen-bond donors (Lipinski definition) is 1. The average molecular weight is 475 g/mol. The van der Waals surface area contributed by atoms with Gasteiger partial charge in [-0.3, -0.25) is 5.41 Å². The third-order valence-electron chi connectivity index (χ3n) is 6.27. The Balaban J connectivity index is 0.00000544. The minimum absolute atomic E-state index is 0. The highest BCUT2D eigenvalue weighted by molar-refractivity contribution is 6.09. The average Bonchev–Trinajstić information content (AvgIpc) is 2.76. The molecule has 0 saturated carbocycles. The van der Waals surface area contributed by atoms with Gasteiger partial charge >= 0.3 is 0 Å². The van der Waals surface area contributed by atoms with Crippen molar-refractivity contribution < 1.29 is 4.74 Å². The fourth-order valence-corrected chi connectivity index (χ4v) is 4.63. The minimum atomic E-state index is 0. The Morgan fingerprint density at radius 2 is 1.27 bits per heavy atom. The molecule has 2 rings (SSSR count). The summed E-state index contributed by atoms with van der Waals surface area (Å²) in [6.07, 6.45) is 13.3. The Morgan fingerprint density at radius 1 is 0.758 bits per heavy atom. The van der Waals surface area contributed by atoms with Crippen molar-refractivity contribution in [3.63, 3.8) is 0 Å². The minimum Gasteiger partial charge on any atom is -0.493 e. The standard InChI is InChI=1S/C29H46N2O.ClH/c1-6-7-8-9-10-11-12-13-14-17-22-32-28-21-20-27(25-18-15-16-19-26(25)28)29(30)31(23(2)3)24(4)5;/h15-16,18-21,23-24,30H,6-14,17,22H2,1-5H3;1H. The third-order valence-corrected chi connectivity index (χ3v) is 6.27. The molecule has 0 aliphatic heterocycles. The lowest BCUT2D eigenvalue weighted by Crippen LogP contribution is -2.42. The van der Waals surface area contributed by atoms with E-state index in [1.807, 2.05) is 0 Å². The van der Waals surface area contributed by atoms with Gasteiger partial charge in [0.25, 0.3) is 0 Å². The van der Waals surface area contributed by atoms with Gasteiger partial charge in [-0.2, -0.15) is 0 Å². The molecule has 0 heterocycles. The molecule has 0 spiro atoms. The number of halogens is 1. The number of rotatable bonds is 15. The largest absolute Gasteiger partial charge is 0.493 e. The van der Waals surface area contributed by atoms with Crippen molar-refractivity contribution in [2.75, 3.05) is 6.61 Å². The molecule has 0 aromatic heterocycles. The van der Waals surface area contributed by atoms with E-state index in [0.29, 0.717) is 5.84 Å². The normalized spacial score (nSPS) is 11.1. The Labute approximate surface area is 209 Å². The molecule has 0 bridgehead atoms. The number of hydrogen-bond acceptors (Lipinski definition) is 2. The summed E-state index contributed by atoms with van der Waals surface area (Å²) in [5.41, 5.74) is 0.981. The van der Waals surface area contributed by atoms with E-state index >= 15 is 0 Å². The van der Waals surface area contributed by atoms with Crippen LogP contribution in [0.4, 0.5) is 0 Å². The van der Waals surface area contributed by atoms with E-state index in [0.717, 1.165) is 35.1 Å². The van der Waals surface area contributed by atoms with Crippen LogP contribution in [0.3, 0.4) is 0 Å². The second-order valence-electron chi connectivity index (χ2n) is 9.63. The molecule has 1 N–H and O–H groups in total. The van der Waals surface area contributed by atoms with Gasteiger partial charge < -0.3 is 9.64 Å². The Kier molecular flexibility index (Phi) is 14.2. The van der Waals surface area contributed by atoms with Crippen LogP contribution >= 0.6 is 12.4 Å². The Hall–Kier alpha value is -1.74. The summed E-state index contributed by atoms with van der Waals surface area (Å²) in [6.45, 7) is 11.7. The maximum Gasteiger partial charge on any atom is 0.129 e. The van der Waals surface area contributed by atoms with Crippen molar-refractivity contribution in [2.24, 2.45) is 0 Å². The van der Waals surface area contributed by atoms with Crippen LogP contribution in [-0.4, -0.2) is 29.4 Å². The second kappa shape index (κ2) is 16.0. The van der Waals surface area contributed by atoms with Crippen LogP contribution in [0.2, 0.25) is 0 Å². The number of nitrogens with zero attached hydrogens (tertiary/aromatic N) is 1. The van der Waals surface area contributed by atoms with E-state index in [1.165, 1.54) is 57.8 Å². The number of fused-ring (bicyclic) bond motifs is 1. The van der Waals surface area contributed by atoms with Crippen LogP contribution in [-0.2, 0) is 0 Å². The summed E-state index contributed by atoms with van der Waals surface area (Å²) in [4.78, 5) is 2.17. The molecule has 0 radical (unpaired) electrons. The van der Waals surface area contributed by atoms with Crippen LogP contribution in [0, 0.1) is 5.41 Å². The van der Waals surface area contributed by atoms with Gasteiger partial charge in [-0.05, 0) is 51.6 Å². The van der Waals surface area contributed by atoms with Gasteiger partial charge in [0.2, 0.25) is 0 Å². The van der Waals surface area contributed by atoms with E-state index in [1.54, 1.807) is 0 Å². The van der Waals surface area contributed by atoms with Crippen LogP contribution in [0.5, 0.6) is 5.75 Å². The first-order valence-electron chi connectivity index (χ1n) is 13.0. The van der Waals surface area contributed by atoms with Crippen molar-refractivity contribution in [2.45, 2.75) is 111 Å². The number of benzene rings is 2. The van der Waals surface area contributed by atoms with Crippen molar-refractivity contribution in [1.82, 2.24) is 4.90 Å². The summed E-state index contributed by atoms with van der Waals surface area (Å²) >= 11 is 0. The highest BCUT2D eigenvalue weighted by atomic mass is 35.5. The van der Waals surface area contributed by atoms with Crippen LogP contribution < -0.4 is 4.74 Å². The SMILES string of the molecule is CCCCCCCCCCCCOc1ccc(C(=N)N(C(C)C)C(C)C)c2ccccc12.Cl. The van der Waals surface area contributed by atoms with Gasteiger partial charge in [-0.1, -0.05) is 89.0 Å². The maximum absolute atomic E-state index is 8.88. The van der Waals surface area contributed by atoms with Gasteiger partial charge in [0.15, 0.2) is 0 Å². The van der Waals surface area contributed by atoms with E-state index in [4.69, 9.17) is 10.1 Å². The fourth-order valence-electron chi connectivity index (χ4n) is 4.63. The highest BCUT2D eigenvalue weighted by Gasteiger charge is 2.20. The maximum atomic E-state index is 8.88. The van der Waals surface area contributed by atoms with Gasteiger partial charge in [0.1, 0.15) is 11.6 Å². The zero-order valence-corrected chi connectivity index (χ0v) is 22.5. The third kappa shape index (κ3) is 9.20. The molecule has 186 valence electrons. The molecule has 2 aromatic carbocycles. The molecule has 3 nitrogen and oxygen atoms in total. The summed E-state index contributed by atoms with van der Waals surface area (Å²) in [5.74, 6) is 1.53. The zero-order chi connectivity index (χ0) is 23.3. The lowest BCUT2D eigenvalue weighted by Gasteiger charge is -2.33.